The van der Waals surface area contributed by atoms with E-state index >= 15 is 0 Å². The van der Waals surface area contributed by atoms with E-state index in [0.717, 1.165) is 11.8 Å². The van der Waals surface area contributed by atoms with Gasteiger partial charge in [0.15, 0.2) is 5.82 Å². The van der Waals surface area contributed by atoms with E-state index in [1.165, 1.54) is 18.3 Å². The predicted molar refractivity (Wildman–Crippen MR) is 69.0 cm³/mol. The van der Waals surface area contributed by atoms with Crippen molar-refractivity contribution in [1.82, 2.24) is 9.97 Å². The number of aryl methyl sites for hydroxylation is 2. The molecule has 0 radical (unpaired) electrons. The second-order valence-corrected chi connectivity index (χ2v) is 4.94. The molecule has 6 heteroatoms. The van der Waals surface area contributed by atoms with Crippen LogP contribution in [0.4, 0.5) is 4.39 Å². The molecule has 0 atom stereocenters. The number of carboxylic acids is 1. The van der Waals surface area contributed by atoms with E-state index in [9.17, 15) is 14.3 Å². The smallest absolute Gasteiger partial charge is 0.338 e. The third kappa shape index (κ3) is 2.90. The fourth-order valence-corrected chi connectivity index (χ4v) is 2.68. The van der Waals surface area contributed by atoms with Crippen molar-refractivity contribution in [1.29, 1.82) is 0 Å². The first-order valence-electron chi connectivity index (χ1n) is 5.49. The highest BCUT2D eigenvalue weighted by Gasteiger charge is 2.18. The van der Waals surface area contributed by atoms with Crippen LogP contribution < -0.4 is 0 Å². The Morgan fingerprint density at radius 1 is 1.37 bits per heavy atom. The number of hydrogen-bond donors (Lipinski definition) is 1. The number of nitrogens with zero attached hydrogens (tertiary/aromatic N) is 2. The lowest BCUT2D eigenvalue weighted by molar-refractivity contribution is 0.0691. The summed E-state index contributed by atoms with van der Waals surface area (Å²) in [7, 11) is 0. The first-order valence-corrected chi connectivity index (χ1v) is 6.30. The van der Waals surface area contributed by atoms with Crippen LogP contribution in [0.15, 0.2) is 34.4 Å². The molecule has 0 aliphatic rings. The van der Waals surface area contributed by atoms with Crippen molar-refractivity contribution in [2.75, 3.05) is 0 Å². The second kappa shape index (κ2) is 5.36. The molecule has 0 aliphatic heterocycles. The molecule has 4 nitrogen and oxygen atoms in total. The van der Waals surface area contributed by atoms with E-state index in [2.05, 4.69) is 9.97 Å². The van der Waals surface area contributed by atoms with E-state index in [-0.39, 0.29) is 15.6 Å². The zero-order valence-electron chi connectivity index (χ0n) is 10.3. The normalized spacial score (nSPS) is 10.5. The third-order valence-corrected chi connectivity index (χ3v) is 3.43. The lowest BCUT2D eigenvalue weighted by Gasteiger charge is -2.09. The molecule has 19 heavy (non-hydrogen) atoms. The average Bonchev–Trinajstić information content (AvgIpc) is 2.30. The minimum atomic E-state index is -1.08. The molecule has 0 aromatic carbocycles. The Morgan fingerprint density at radius 2 is 2.11 bits per heavy atom. The fourth-order valence-electron chi connectivity index (χ4n) is 1.67. The third-order valence-electron chi connectivity index (χ3n) is 2.44. The van der Waals surface area contributed by atoms with Crippen LogP contribution in [0.2, 0.25) is 0 Å². The van der Waals surface area contributed by atoms with Gasteiger partial charge in [0.25, 0.3) is 0 Å². The van der Waals surface area contributed by atoms with Crippen molar-refractivity contribution in [2.24, 2.45) is 0 Å². The number of carbonyl (C=O) groups is 1. The lowest BCUT2D eigenvalue weighted by atomic mass is 10.1. The van der Waals surface area contributed by atoms with E-state index in [1.807, 2.05) is 0 Å². The van der Waals surface area contributed by atoms with Gasteiger partial charge in [0.05, 0.1) is 5.56 Å². The molecule has 0 aliphatic carbocycles. The largest absolute Gasteiger partial charge is 0.478 e. The fraction of sp³-hybridized carbons (Fsp3) is 0.154. The second-order valence-electron chi connectivity index (χ2n) is 3.96. The number of carboxylic acid groups (broad SMARTS) is 1. The number of rotatable bonds is 3. The van der Waals surface area contributed by atoms with Crippen molar-refractivity contribution in [3.05, 3.63) is 47.0 Å². The van der Waals surface area contributed by atoms with E-state index in [1.54, 1.807) is 19.9 Å². The van der Waals surface area contributed by atoms with Crippen molar-refractivity contribution < 1.29 is 14.3 Å². The Balaban J connectivity index is 2.51. The lowest BCUT2D eigenvalue weighted by Crippen LogP contribution is -2.05. The number of aromatic carboxylic acids is 1. The molecule has 1 N–H and O–H groups in total. The summed E-state index contributed by atoms with van der Waals surface area (Å²) in [5, 5.41) is 9.58. The Labute approximate surface area is 113 Å². The monoisotopic (exact) mass is 278 g/mol. The topological polar surface area (TPSA) is 63.1 Å². The molecule has 0 saturated carbocycles. The van der Waals surface area contributed by atoms with Gasteiger partial charge < -0.3 is 5.11 Å². The first kappa shape index (κ1) is 13.5. The molecule has 0 spiro atoms. The molecular weight excluding hydrogens is 267 g/mol. The van der Waals surface area contributed by atoms with Gasteiger partial charge in [-0.3, -0.25) is 0 Å². The summed E-state index contributed by atoms with van der Waals surface area (Å²) in [5.41, 5.74) is 1.36. The molecular formula is C13H11FN2O2S. The van der Waals surface area contributed by atoms with Gasteiger partial charge in [0.2, 0.25) is 0 Å². The van der Waals surface area contributed by atoms with Crippen LogP contribution in [0.1, 0.15) is 21.6 Å². The summed E-state index contributed by atoms with van der Waals surface area (Å²) in [5.74, 6) is -1.58. The molecule has 0 amide bonds. The minimum Gasteiger partial charge on any atom is -0.478 e. The van der Waals surface area contributed by atoms with Crippen molar-refractivity contribution in [3.63, 3.8) is 0 Å². The van der Waals surface area contributed by atoms with Gasteiger partial charge >= 0.3 is 5.97 Å². The van der Waals surface area contributed by atoms with Crippen LogP contribution in [0.3, 0.4) is 0 Å². The van der Waals surface area contributed by atoms with Gasteiger partial charge in [-0.15, -0.1) is 0 Å². The molecule has 98 valence electrons. The van der Waals surface area contributed by atoms with Crippen LogP contribution >= 0.6 is 11.8 Å². The molecule has 2 rings (SSSR count). The standard InChI is InChI=1S/C13H11FN2O2S/c1-7-6-8(2)16-12(10(7)13(17)18)19-11-9(14)4-3-5-15-11/h3-6H,1-2H3,(H,17,18). The number of hydrogen-bond acceptors (Lipinski definition) is 4. The first-order chi connectivity index (χ1) is 8.99. The van der Waals surface area contributed by atoms with Crippen LogP contribution in [-0.4, -0.2) is 21.0 Å². The number of pyridine rings is 2. The van der Waals surface area contributed by atoms with Gasteiger partial charge in [-0.05, 0) is 49.4 Å². The molecule has 0 saturated heterocycles. The highest BCUT2D eigenvalue weighted by atomic mass is 32.2. The highest BCUT2D eigenvalue weighted by Crippen LogP contribution is 2.30. The average molecular weight is 278 g/mol. The maximum atomic E-state index is 13.6. The van der Waals surface area contributed by atoms with E-state index in [0.29, 0.717) is 11.3 Å². The Bertz CT molecular complexity index is 647. The predicted octanol–water partition coefficient (Wildman–Crippen LogP) is 3.08. The summed E-state index contributed by atoms with van der Waals surface area (Å²) in [6, 6.07) is 4.44. The van der Waals surface area contributed by atoms with Gasteiger partial charge in [-0.25, -0.2) is 19.2 Å². The zero-order valence-corrected chi connectivity index (χ0v) is 11.2. The molecule has 0 bridgehead atoms. The molecule has 2 heterocycles. The molecule has 0 unspecified atom stereocenters. The van der Waals surface area contributed by atoms with Crippen LogP contribution in [0, 0.1) is 19.7 Å². The van der Waals surface area contributed by atoms with E-state index in [4.69, 9.17) is 0 Å². The Morgan fingerprint density at radius 3 is 2.74 bits per heavy atom. The quantitative estimate of drug-likeness (QED) is 0.934. The van der Waals surface area contributed by atoms with Crippen molar-refractivity contribution >= 4 is 17.7 Å². The molecule has 0 fully saturated rings. The van der Waals surface area contributed by atoms with Crippen LogP contribution in [0.25, 0.3) is 0 Å². The summed E-state index contributed by atoms with van der Waals surface area (Å²) in [4.78, 5) is 19.3. The van der Waals surface area contributed by atoms with Crippen molar-refractivity contribution in [2.45, 2.75) is 23.9 Å². The molecule has 2 aromatic heterocycles. The van der Waals surface area contributed by atoms with Gasteiger partial charge in [-0.2, -0.15) is 0 Å². The summed E-state index contributed by atoms with van der Waals surface area (Å²) in [6.45, 7) is 3.45. The zero-order chi connectivity index (χ0) is 14.0. The summed E-state index contributed by atoms with van der Waals surface area (Å²) >= 11 is 0.919. The van der Waals surface area contributed by atoms with E-state index < -0.39 is 11.8 Å². The van der Waals surface area contributed by atoms with Crippen LogP contribution in [-0.2, 0) is 0 Å². The van der Waals surface area contributed by atoms with Gasteiger partial charge in [-0.1, -0.05) is 0 Å². The minimum absolute atomic E-state index is 0.0839. The maximum absolute atomic E-state index is 13.6. The maximum Gasteiger partial charge on any atom is 0.338 e. The number of halogens is 1. The Kier molecular flexibility index (Phi) is 3.80. The highest BCUT2D eigenvalue weighted by molar-refractivity contribution is 7.99. The molecule has 2 aromatic rings. The SMILES string of the molecule is Cc1cc(C)c(C(=O)O)c(Sc2ncccc2F)n1. The van der Waals surface area contributed by atoms with Gasteiger partial charge in [0.1, 0.15) is 10.1 Å². The summed E-state index contributed by atoms with van der Waals surface area (Å²) < 4.78 is 13.6. The van der Waals surface area contributed by atoms with Crippen LogP contribution in [0.5, 0.6) is 0 Å². The summed E-state index contributed by atoms with van der Waals surface area (Å²) in [6.07, 6.45) is 1.45. The van der Waals surface area contributed by atoms with Crippen molar-refractivity contribution in [3.8, 4) is 0 Å². The Hall–Kier alpha value is -1.95. The van der Waals surface area contributed by atoms with Gasteiger partial charge in [0, 0.05) is 11.9 Å². The number of aromatic nitrogens is 2.